The van der Waals surface area contributed by atoms with E-state index in [1.807, 2.05) is 6.07 Å². The van der Waals surface area contributed by atoms with Crippen LogP contribution < -0.4 is 10.5 Å². The summed E-state index contributed by atoms with van der Waals surface area (Å²) in [6.45, 7) is 0.428. The Labute approximate surface area is 126 Å². The molecule has 1 aromatic heterocycles. The molecule has 0 aliphatic heterocycles. The van der Waals surface area contributed by atoms with Gasteiger partial charge in [0, 0.05) is 18.2 Å². The van der Waals surface area contributed by atoms with E-state index in [0.29, 0.717) is 18.8 Å². The molecule has 2 aromatic rings. The molecule has 0 aliphatic carbocycles. The average Bonchev–Trinajstić information content (AvgIpc) is 2.52. The van der Waals surface area contributed by atoms with Crippen molar-refractivity contribution in [2.75, 3.05) is 13.7 Å². The van der Waals surface area contributed by atoms with Crippen molar-refractivity contribution in [2.45, 2.75) is 18.5 Å². The topological polar surface area (TPSA) is 48.1 Å². The summed E-state index contributed by atoms with van der Waals surface area (Å²) in [6.07, 6.45) is -2.04. The highest BCUT2D eigenvalue weighted by atomic mass is 19.4. The summed E-state index contributed by atoms with van der Waals surface area (Å²) < 4.78 is 42.9. The average molecular weight is 310 g/mol. The van der Waals surface area contributed by atoms with Crippen molar-refractivity contribution < 1.29 is 17.9 Å². The molecule has 1 unspecified atom stereocenters. The third-order valence-electron chi connectivity index (χ3n) is 3.47. The lowest BCUT2D eigenvalue weighted by molar-refractivity contribution is -0.137. The van der Waals surface area contributed by atoms with E-state index in [1.54, 1.807) is 12.3 Å². The number of halogens is 3. The van der Waals surface area contributed by atoms with Crippen LogP contribution in [0.4, 0.5) is 13.2 Å². The third-order valence-corrected chi connectivity index (χ3v) is 3.47. The number of benzene rings is 1. The highest BCUT2D eigenvalue weighted by Crippen LogP contribution is 2.32. The second-order valence-electron chi connectivity index (χ2n) is 4.88. The first kappa shape index (κ1) is 16.3. The molecule has 118 valence electrons. The maximum Gasteiger partial charge on any atom is 0.416 e. The molecule has 0 saturated heterocycles. The second-order valence-corrected chi connectivity index (χ2v) is 4.88. The molecule has 1 aromatic carbocycles. The van der Waals surface area contributed by atoms with Gasteiger partial charge in [-0.1, -0.05) is 18.2 Å². The van der Waals surface area contributed by atoms with Crippen molar-refractivity contribution in [2.24, 2.45) is 5.73 Å². The smallest absolute Gasteiger partial charge is 0.416 e. The number of methoxy groups -OCH3 is 1. The molecule has 2 rings (SSSR count). The highest BCUT2D eigenvalue weighted by Gasteiger charge is 2.30. The van der Waals surface area contributed by atoms with Crippen LogP contribution in [0.25, 0.3) is 0 Å². The standard InChI is InChI=1S/C16H17F3N2O/c1-22-15-7-4-12(10-21-15)14(8-9-20)11-2-5-13(6-3-11)16(17,18)19/h2-7,10,14H,8-9,20H2,1H3. The minimum atomic E-state index is -4.33. The quantitative estimate of drug-likeness (QED) is 0.918. The molecule has 0 aliphatic rings. The van der Waals surface area contributed by atoms with Crippen molar-refractivity contribution in [3.05, 3.63) is 59.3 Å². The Kier molecular flexibility index (Phi) is 5.03. The van der Waals surface area contributed by atoms with Gasteiger partial charge in [0.25, 0.3) is 0 Å². The molecule has 0 radical (unpaired) electrons. The summed E-state index contributed by atoms with van der Waals surface area (Å²) in [7, 11) is 1.52. The van der Waals surface area contributed by atoms with E-state index in [-0.39, 0.29) is 5.92 Å². The van der Waals surface area contributed by atoms with E-state index in [9.17, 15) is 13.2 Å². The Morgan fingerprint density at radius 3 is 2.18 bits per heavy atom. The summed E-state index contributed by atoms with van der Waals surface area (Å²) >= 11 is 0. The number of alkyl halides is 3. The van der Waals surface area contributed by atoms with E-state index < -0.39 is 11.7 Å². The molecule has 22 heavy (non-hydrogen) atoms. The summed E-state index contributed by atoms with van der Waals surface area (Å²) in [4.78, 5) is 4.14. The molecule has 0 bridgehead atoms. The Bertz CT molecular complexity index is 594. The number of rotatable bonds is 5. The van der Waals surface area contributed by atoms with Crippen molar-refractivity contribution in [1.82, 2.24) is 4.98 Å². The first-order valence-corrected chi connectivity index (χ1v) is 6.83. The van der Waals surface area contributed by atoms with Crippen molar-refractivity contribution >= 4 is 0 Å². The summed E-state index contributed by atoms with van der Waals surface area (Å²) in [5, 5.41) is 0. The molecule has 0 saturated carbocycles. The third kappa shape index (κ3) is 3.76. The van der Waals surface area contributed by atoms with Gasteiger partial charge in [0.15, 0.2) is 0 Å². The van der Waals surface area contributed by atoms with Gasteiger partial charge in [-0.2, -0.15) is 13.2 Å². The zero-order valence-electron chi connectivity index (χ0n) is 12.1. The monoisotopic (exact) mass is 310 g/mol. The number of nitrogens with zero attached hydrogens (tertiary/aromatic N) is 1. The van der Waals surface area contributed by atoms with Crippen LogP contribution in [0.2, 0.25) is 0 Å². The molecule has 1 atom stereocenters. The Morgan fingerprint density at radius 1 is 1.09 bits per heavy atom. The van der Waals surface area contributed by atoms with E-state index in [4.69, 9.17) is 10.5 Å². The van der Waals surface area contributed by atoms with Crippen LogP contribution in [-0.2, 0) is 6.18 Å². The maximum absolute atomic E-state index is 12.6. The fraction of sp³-hybridized carbons (Fsp3) is 0.312. The van der Waals surface area contributed by atoms with Gasteiger partial charge >= 0.3 is 6.18 Å². The van der Waals surface area contributed by atoms with Crippen LogP contribution in [0.5, 0.6) is 5.88 Å². The number of hydrogen-bond acceptors (Lipinski definition) is 3. The molecule has 0 fully saturated rings. The molecule has 0 amide bonds. The Morgan fingerprint density at radius 2 is 1.73 bits per heavy atom. The molecular weight excluding hydrogens is 293 g/mol. The first-order valence-electron chi connectivity index (χ1n) is 6.83. The van der Waals surface area contributed by atoms with Crippen LogP contribution >= 0.6 is 0 Å². The van der Waals surface area contributed by atoms with E-state index in [1.165, 1.54) is 19.2 Å². The van der Waals surface area contributed by atoms with E-state index in [0.717, 1.165) is 23.3 Å². The largest absolute Gasteiger partial charge is 0.481 e. The van der Waals surface area contributed by atoms with Crippen LogP contribution in [0, 0.1) is 0 Å². The Hall–Kier alpha value is -2.08. The zero-order chi connectivity index (χ0) is 16.2. The minimum Gasteiger partial charge on any atom is -0.481 e. The van der Waals surface area contributed by atoms with Gasteiger partial charge in [-0.15, -0.1) is 0 Å². The predicted molar refractivity (Wildman–Crippen MR) is 77.7 cm³/mol. The summed E-state index contributed by atoms with van der Waals surface area (Å²) in [5.74, 6) is 0.397. The molecule has 2 N–H and O–H groups in total. The predicted octanol–water partition coefficient (Wildman–Crippen LogP) is 3.59. The van der Waals surface area contributed by atoms with Gasteiger partial charge in [-0.25, -0.2) is 4.98 Å². The van der Waals surface area contributed by atoms with Gasteiger partial charge in [-0.05, 0) is 36.2 Å². The fourth-order valence-corrected chi connectivity index (χ4v) is 2.32. The van der Waals surface area contributed by atoms with Gasteiger partial charge < -0.3 is 10.5 Å². The number of nitrogens with two attached hydrogens (primary N) is 1. The second kappa shape index (κ2) is 6.79. The van der Waals surface area contributed by atoms with Crippen molar-refractivity contribution in [3.8, 4) is 5.88 Å². The zero-order valence-corrected chi connectivity index (χ0v) is 12.1. The molecule has 0 spiro atoms. The number of hydrogen-bond donors (Lipinski definition) is 1. The lowest BCUT2D eigenvalue weighted by Gasteiger charge is -2.18. The molecular formula is C16H17F3N2O. The van der Waals surface area contributed by atoms with Crippen LogP contribution in [0.1, 0.15) is 29.0 Å². The number of pyridine rings is 1. The molecule has 3 nitrogen and oxygen atoms in total. The van der Waals surface area contributed by atoms with Crippen molar-refractivity contribution in [3.63, 3.8) is 0 Å². The highest BCUT2D eigenvalue weighted by molar-refractivity contribution is 5.34. The lowest BCUT2D eigenvalue weighted by Crippen LogP contribution is -2.10. The molecule has 1 heterocycles. The van der Waals surface area contributed by atoms with Crippen LogP contribution in [0.3, 0.4) is 0 Å². The summed E-state index contributed by atoms with van der Waals surface area (Å²) in [6, 6.07) is 8.75. The van der Waals surface area contributed by atoms with Crippen LogP contribution in [0.15, 0.2) is 42.6 Å². The Balaban J connectivity index is 2.30. The van der Waals surface area contributed by atoms with E-state index in [2.05, 4.69) is 4.98 Å². The lowest BCUT2D eigenvalue weighted by atomic mass is 9.89. The maximum atomic E-state index is 12.6. The van der Waals surface area contributed by atoms with Gasteiger partial charge in [0.05, 0.1) is 12.7 Å². The fourth-order valence-electron chi connectivity index (χ4n) is 2.32. The van der Waals surface area contributed by atoms with Gasteiger partial charge in [-0.3, -0.25) is 0 Å². The number of ether oxygens (including phenoxy) is 1. The van der Waals surface area contributed by atoms with Gasteiger partial charge in [0.2, 0.25) is 5.88 Å². The molecule has 6 heteroatoms. The van der Waals surface area contributed by atoms with Crippen molar-refractivity contribution in [1.29, 1.82) is 0 Å². The first-order chi connectivity index (χ1) is 10.5. The SMILES string of the molecule is COc1ccc(C(CCN)c2ccc(C(F)(F)F)cc2)cn1. The number of aromatic nitrogens is 1. The van der Waals surface area contributed by atoms with E-state index >= 15 is 0 Å². The summed E-state index contributed by atoms with van der Waals surface area (Å²) in [5.41, 5.74) is 6.65. The van der Waals surface area contributed by atoms with Gasteiger partial charge in [0.1, 0.15) is 0 Å². The minimum absolute atomic E-state index is 0.0920. The normalized spacial score (nSPS) is 13.0. The van der Waals surface area contributed by atoms with Crippen LogP contribution in [-0.4, -0.2) is 18.6 Å².